The number of Topliss-reactive ketones (excluding diaryl/α,β-unsaturated/α-hetero) is 1. The van der Waals surface area contributed by atoms with Crippen LogP contribution in [0.25, 0.3) is 11.1 Å². The van der Waals surface area contributed by atoms with Gasteiger partial charge in [-0.1, -0.05) is 37.3 Å². The van der Waals surface area contributed by atoms with E-state index in [1.807, 2.05) is 50.2 Å². The first kappa shape index (κ1) is 19.5. The third-order valence-electron chi connectivity index (χ3n) is 4.76. The van der Waals surface area contributed by atoms with Crippen molar-refractivity contribution in [1.29, 1.82) is 0 Å². The molecule has 0 aliphatic heterocycles. The fourth-order valence-electron chi connectivity index (χ4n) is 3.15. The molecular weight excluding hydrogens is 352 g/mol. The Morgan fingerprint density at radius 1 is 1.04 bits per heavy atom. The van der Waals surface area contributed by atoms with E-state index in [9.17, 15) is 9.59 Å². The second kappa shape index (κ2) is 8.21. The highest BCUT2D eigenvalue weighted by molar-refractivity contribution is 5.97. The van der Waals surface area contributed by atoms with E-state index in [-0.39, 0.29) is 18.1 Å². The first-order chi connectivity index (χ1) is 13.4. The highest BCUT2D eigenvalue weighted by Gasteiger charge is 2.13. The topological polar surface area (TPSA) is 63.4 Å². The number of carbonyl (C=O) groups is 2. The molecule has 0 atom stereocenters. The molecule has 0 N–H and O–H groups in total. The van der Waals surface area contributed by atoms with E-state index in [2.05, 4.69) is 11.1 Å². The Bertz CT molecular complexity index is 1000. The summed E-state index contributed by atoms with van der Waals surface area (Å²) in [4.78, 5) is 30.1. The predicted octanol–water partition coefficient (Wildman–Crippen LogP) is 4.76. The number of hydrogen-bond acceptors (Lipinski definition) is 4. The number of benzene rings is 2. The number of amides is 1. The van der Waals surface area contributed by atoms with Gasteiger partial charge in [0.2, 0.25) is 11.8 Å². The second-order valence-corrected chi connectivity index (χ2v) is 6.85. The zero-order chi connectivity index (χ0) is 20.3. The Labute approximate surface area is 165 Å². The van der Waals surface area contributed by atoms with Gasteiger partial charge in [0.1, 0.15) is 5.76 Å². The van der Waals surface area contributed by atoms with Gasteiger partial charge in [0, 0.05) is 24.7 Å². The first-order valence-corrected chi connectivity index (χ1v) is 9.31. The molecule has 5 heteroatoms. The van der Waals surface area contributed by atoms with Gasteiger partial charge in [0.05, 0.1) is 12.6 Å². The van der Waals surface area contributed by atoms with Gasteiger partial charge in [0.25, 0.3) is 0 Å². The molecule has 5 nitrogen and oxygen atoms in total. The highest BCUT2D eigenvalue weighted by atomic mass is 16.4. The monoisotopic (exact) mass is 376 g/mol. The lowest BCUT2D eigenvalue weighted by Crippen LogP contribution is -2.25. The Morgan fingerprint density at radius 3 is 2.29 bits per heavy atom. The van der Waals surface area contributed by atoms with Crippen LogP contribution < -0.4 is 4.90 Å². The molecule has 0 aliphatic carbocycles. The van der Waals surface area contributed by atoms with E-state index in [1.54, 1.807) is 25.1 Å². The van der Waals surface area contributed by atoms with Crippen molar-refractivity contribution in [2.75, 3.05) is 11.9 Å². The van der Waals surface area contributed by atoms with Gasteiger partial charge in [-0.05, 0) is 42.7 Å². The Hall–Kier alpha value is -3.21. The molecule has 0 saturated carbocycles. The van der Waals surface area contributed by atoms with E-state index >= 15 is 0 Å². The van der Waals surface area contributed by atoms with E-state index < -0.39 is 0 Å². The standard InChI is InChI=1S/C23H24N2O3/c1-5-23(27)25(4)20-11-10-19(12-15(20)2)17-6-8-18(9-7-17)21(26)13-22-24-14-16(3)28-22/h6-12,14H,5,13H2,1-4H3. The molecule has 0 fully saturated rings. The lowest BCUT2D eigenvalue weighted by molar-refractivity contribution is -0.118. The molecule has 0 saturated heterocycles. The molecule has 144 valence electrons. The number of oxazole rings is 1. The molecule has 28 heavy (non-hydrogen) atoms. The van der Waals surface area contributed by atoms with Crippen molar-refractivity contribution in [3.8, 4) is 11.1 Å². The Balaban J connectivity index is 1.77. The van der Waals surface area contributed by atoms with Crippen molar-refractivity contribution >= 4 is 17.4 Å². The molecule has 0 bridgehead atoms. The number of anilines is 1. The lowest BCUT2D eigenvalue weighted by atomic mass is 9.99. The minimum atomic E-state index is -0.0281. The van der Waals surface area contributed by atoms with Crippen LogP contribution in [0, 0.1) is 13.8 Å². The summed E-state index contributed by atoms with van der Waals surface area (Å²) in [7, 11) is 1.80. The number of rotatable bonds is 6. The van der Waals surface area contributed by atoms with Crippen LogP contribution in [-0.2, 0) is 11.2 Å². The minimum Gasteiger partial charge on any atom is -0.446 e. The molecule has 0 spiro atoms. The van der Waals surface area contributed by atoms with Crippen LogP contribution in [0.5, 0.6) is 0 Å². The summed E-state index contributed by atoms with van der Waals surface area (Å²) in [5.41, 5.74) is 4.62. The molecule has 3 rings (SSSR count). The maximum atomic E-state index is 12.4. The number of ketones is 1. The van der Waals surface area contributed by atoms with Crippen LogP contribution in [-0.4, -0.2) is 23.7 Å². The largest absolute Gasteiger partial charge is 0.446 e. The molecule has 1 heterocycles. The normalized spacial score (nSPS) is 10.7. The molecule has 1 amide bonds. The molecule has 0 unspecified atom stereocenters. The van der Waals surface area contributed by atoms with Crippen molar-refractivity contribution in [2.45, 2.75) is 33.6 Å². The summed E-state index contributed by atoms with van der Waals surface area (Å²) in [6, 6.07) is 13.5. The van der Waals surface area contributed by atoms with Crippen molar-refractivity contribution in [3.05, 3.63) is 71.4 Å². The van der Waals surface area contributed by atoms with Gasteiger partial charge in [-0.3, -0.25) is 9.59 Å². The summed E-state index contributed by atoms with van der Waals surface area (Å²) < 4.78 is 5.38. The quantitative estimate of drug-likeness (QED) is 0.582. The van der Waals surface area contributed by atoms with Crippen LogP contribution >= 0.6 is 0 Å². The number of aryl methyl sites for hydroxylation is 2. The average Bonchev–Trinajstić information content (AvgIpc) is 3.11. The zero-order valence-corrected chi connectivity index (χ0v) is 16.7. The third kappa shape index (κ3) is 4.19. The minimum absolute atomic E-state index is 0.0281. The van der Waals surface area contributed by atoms with Crippen molar-refractivity contribution < 1.29 is 14.0 Å². The van der Waals surface area contributed by atoms with Crippen LogP contribution in [0.15, 0.2) is 53.1 Å². The van der Waals surface area contributed by atoms with Crippen LogP contribution in [0.1, 0.15) is 40.9 Å². The van der Waals surface area contributed by atoms with E-state index in [0.717, 1.165) is 22.4 Å². The number of carbonyl (C=O) groups excluding carboxylic acids is 2. The molecule has 0 radical (unpaired) electrons. The Kier molecular flexibility index (Phi) is 5.73. The van der Waals surface area contributed by atoms with Crippen molar-refractivity contribution in [1.82, 2.24) is 4.98 Å². The van der Waals surface area contributed by atoms with Crippen LogP contribution in [0.2, 0.25) is 0 Å². The van der Waals surface area contributed by atoms with Gasteiger partial charge in [-0.25, -0.2) is 4.98 Å². The van der Waals surface area contributed by atoms with Gasteiger partial charge in [-0.2, -0.15) is 0 Å². The fraction of sp³-hybridized carbons (Fsp3) is 0.261. The van der Waals surface area contributed by atoms with Gasteiger partial charge in [-0.15, -0.1) is 0 Å². The lowest BCUT2D eigenvalue weighted by Gasteiger charge is -2.19. The van der Waals surface area contributed by atoms with E-state index in [4.69, 9.17) is 4.42 Å². The molecule has 2 aromatic carbocycles. The van der Waals surface area contributed by atoms with E-state index in [1.165, 1.54) is 0 Å². The molecule has 3 aromatic rings. The summed E-state index contributed by atoms with van der Waals surface area (Å²) in [6.45, 7) is 5.65. The Morgan fingerprint density at radius 2 is 1.71 bits per heavy atom. The number of nitrogens with zero attached hydrogens (tertiary/aromatic N) is 2. The van der Waals surface area contributed by atoms with Crippen LogP contribution in [0.4, 0.5) is 5.69 Å². The number of aromatic nitrogens is 1. The predicted molar refractivity (Wildman–Crippen MR) is 110 cm³/mol. The molecule has 1 aromatic heterocycles. The fourth-order valence-corrected chi connectivity index (χ4v) is 3.15. The first-order valence-electron chi connectivity index (χ1n) is 9.31. The number of hydrogen-bond donors (Lipinski definition) is 0. The van der Waals surface area contributed by atoms with Gasteiger partial charge >= 0.3 is 0 Å². The average molecular weight is 376 g/mol. The molecule has 0 aliphatic rings. The van der Waals surface area contributed by atoms with Gasteiger partial charge < -0.3 is 9.32 Å². The maximum absolute atomic E-state index is 12.4. The summed E-state index contributed by atoms with van der Waals surface area (Å²) in [5.74, 6) is 1.19. The maximum Gasteiger partial charge on any atom is 0.226 e. The van der Waals surface area contributed by atoms with Gasteiger partial charge in [0.15, 0.2) is 5.78 Å². The molecular formula is C23H24N2O3. The SMILES string of the molecule is CCC(=O)N(C)c1ccc(-c2ccc(C(=O)Cc3ncc(C)o3)cc2)cc1C. The van der Waals surface area contributed by atoms with Crippen LogP contribution in [0.3, 0.4) is 0 Å². The summed E-state index contributed by atoms with van der Waals surface area (Å²) >= 11 is 0. The third-order valence-corrected chi connectivity index (χ3v) is 4.76. The van der Waals surface area contributed by atoms with E-state index in [0.29, 0.717) is 23.6 Å². The second-order valence-electron chi connectivity index (χ2n) is 6.85. The summed E-state index contributed by atoms with van der Waals surface area (Å²) in [5, 5.41) is 0. The smallest absolute Gasteiger partial charge is 0.226 e. The van der Waals surface area contributed by atoms with Crippen molar-refractivity contribution in [3.63, 3.8) is 0 Å². The summed E-state index contributed by atoms with van der Waals surface area (Å²) in [6.07, 6.45) is 2.24. The van der Waals surface area contributed by atoms with Crippen molar-refractivity contribution in [2.24, 2.45) is 0 Å². The highest BCUT2D eigenvalue weighted by Crippen LogP contribution is 2.27. The zero-order valence-electron chi connectivity index (χ0n) is 16.7.